The summed E-state index contributed by atoms with van der Waals surface area (Å²) in [6.45, 7) is 0.642. The number of rotatable bonds is 8. The van der Waals surface area contributed by atoms with Crippen LogP contribution in [0.2, 0.25) is 0 Å². The maximum Gasteiger partial charge on any atom is 0.303 e. The number of carboxylic acid groups (broad SMARTS) is 1. The van der Waals surface area contributed by atoms with Gasteiger partial charge in [0, 0.05) is 43.0 Å². The fourth-order valence-electron chi connectivity index (χ4n) is 1.77. The van der Waals surface area contributed by atoms with Crippen molar-refractivity contribution in [3.05, 3.63) is 34.3 Å². The normalized spacial score (nSPS) is 10.1. The van der Waals surface area contributed by atoms with Crippen molar-refractivity contribution in [2.45, 2.75) is 19.3 Å². The monoisotopic (exact) mass is 370 g/mol. The zero-order valence-corrected chi connectivity index (χ0v) is 13.9. The molecule has 1 aromatic carbocycles. The van der Waals surface area contributed by atoms with Gasteiger partial charge < -0.3 is 15.3 Å². The number of amides is 2. The van der Waals surface area contributed by atoms with Crippen LogP contribution in [0.4, 0.5) is 0 Å². The Morgan fingerprint density at radius 2 is 1.82 bits per heavy atom. The number of hydrogen-bond acceptors (Lipinski definition) is 3. The lowest BCUT2D eigenvalue weighted by Gasteiger charge is -2.16. The standard InChI is InChI=1S/C15H19BrN2O4/c1-18(10-2-3-14(20)21)13(19)8-9-17-15(22)11-4-6-12(16)7-5-11/h4-7H,2-3,8-10H2,1H3,(H,17,22)(H,20,21). The minimum Gasteiger partial charge on any atom is -0.481 e. The molecule has 0 aromatic heterocycles. The maximum absolute atomic E-state index is 11.8. The first-order valence-corrected chi connectivity index (χ1v) is 7.69. The van der Waals surface area contributed by atoms with E-state index in [1.54, 1.807) is 31.3 Å². The second-order valence-corrected chi connectivity index (χ2v) is 5.74. The number of benzene rings is 1. The van der Waals surface area contributed by atoms with Gasteiger partial charge in [-0.05, 0) is 30.7 Å². The van der Waals surface area contributed by atoms with E-state index in [4.69, 9.17) is 5.11 Å². The topological polar surface area (TPSA) is 86.7 Å². The molecule has 0 radical (unpaired) electrons. The Labute approximate surface area is 137 Å². The van der Waals surface area contributed by atoms with Crippen molar-refractivity contribution in [3.63, 3.8) is 0 Å². The van der Waals surface area contributed by atoms with E-state index in [2.05, 4.69) is 21.2 Å². The molecule has 0 spiro atoms. The summed E-state index contributed by atoms with van der Waals surface area (Å²) in [4.78, 5) is 35.5. The number of carbonyl (C=O) groups excluding carboxylic acids is 2. The molecule has 0 heterocycles. The summed E-state index contributed by atoms with van der Waals surface area (Å²) in [7, 11) is 1.63. The van der Waals surface area contributed by atoms with Crippen LogP contribution in [0.3, 0.4) is 0 Å². The molecule has 0 atom stereocenters. The van der Waals surface area contributed by atoms with Crippen LogP contribution < -0.4 is 5.32 Å². The van der Waals surface area contributed by atoms with Crippen LogP contribution in [0.15, 0.2) is 28.7 Å². The van der Waals surface area contributed by atoms with Gasteiger partial charge in [-0.2, -0.15) is 0 Å². The number of nitrogens with zero attached hydrogens (tertiary/aromatic N) is 1. The van der Waals surface area contributed by atoms with Crippen LogP contribution in [0, 0.1) is 0 Å². The maximum atomic E-state index is 11.8. The molecule has 2 amide bonds. The Morgan fingerprint density at radius 1 is 1.18 bits per heavy atom. The average molecular weight is 371 g/mol. The summed E-state index contributed by atoms with van der Waals surface area (Å²) < 4.78 is 0.891. The van der Waals surface area contributed by atoms with Crippen LogP contribution in [0.25, 0.3) is 0 Å². The molecule has 120 valence electrons. The summed E-state index contributed by atoms with van der Waals surface area (Å²) >= 11 is 3.29. The van der Waals surface area contributed by atoms with Gasteiger partial charge in [0.1, 0.15) is 0 Å². The number of nitrogens with one attached hydrogen (secondary N) is 1. The largest absolute Gasteiger partial charge is 0.481 e. The summed E-state index contributed by atoms with van der Waals surface area (Å²) in [5.41, 5.74) is 0.533. The minimum atomic E-state index is -0.873. The summed E-state index contributed by atoms with van der Waals surface area (Å²) in [5, 5.41) is 11.2. The van der Waals surface area contributed by atoms with E-state index in [1.165, 1.54) is 4.90 Å². The third kappa shape index (κ3) is 6.71. The molecule has 1 aromatic rings. The quantitative estimate of drug-likeness (QED) is 0.731. The Balaban J connectivity index is 2.27. The lowest BCUT2D eigenvalue weighted by Crippen LogP contribution is -2.32. The highest BCUT2D eigenvalue weighted by atomic mass is 79.9. The Morgan fingerprint density at radius 3 is 2.41 bits per heavy atom. The Kier molecular flexibility index (Phi) is 7.59. The summed E-state index contributed by atoms with van der Waals surface area (Å²) in [6, 6.07) is 6.94. The van der Waals surface area contributed by atoms with Gasteiger partial charge in [0.05, 0.1) is 0 Å². The van der Waals surface area contributed by atoms with Gasteiger partial charge in [-0.25, -0.2) is 0 Å². The van der Waals surface area contributed by atoms with E-state index in [0.29, 0.717) is 18.5 Å². The van der Waals surface area contributed by atoms with Gasteiger partial charge in [0.15, 0.2) is 0 Å². The fraction of sp³-hybridized carbons (Fsp3) is 0.400. The SMILES string of the molecule is CN(CCCC(=O)O)C(=O)CCNC(=O)c1ccc(Br)cc1. The zero-order chi connectivity index (χ0) is 16.5. The van der Waals surface area contributed by atoms with Crippen molar-refractivity contribution < 1.29 is 19.5 Å². The molecule has 7 heteroatoms. The van der Waals surface area contributed by atoms with Gasteiger partial charge in [-0.15, -0.1) is 0 Å². The lowest BCUT2D eigenvalue weighted by molar-refractivity contribution is -0.138. The fourth-order valence-corrected chi connectivity index (χ4v) is 2.03. The Bertz CT molecular complexity index is 531. The molecular formula is C15H19BrN2O4. The molecule has 0 saturated heterocycles. The number of carbonyl (C=O) groups is 3. The second kappa shape index (κ2) is 9.19. The van der Waals surface area contributed by atoms with Gasteiger partial charge >= 0.3 is 5.97 Å². The zero-order valence-electron chi connectivity index (χ0n) is 12.3. The summed E-state index contributed by atoms with van der Waals surface area (Å²) in [5.74, 6) is -1.22. The van der Waals surface area contributed by atoms with Crippen LogP contribution in [-0.2, 0) is 9.59 Å². The van der Waals surface area contributed by atoms with Crippen molar-refractivity contribution in [1.29, 1.82) is 0 Å². The van der Waals surface area contributed by atoms with Gasteiger partial charge in [0.25, 0.3) is 5.91 Å². The lowest BCUT2D eigenvalue weighted by atomic mass is 10.2. The Hall–Kier alpha value is -1.89. The highest BCUT2D eigenvalue weighted by Gasteiger charge is 2.10. The molecule has 0 fully saturated rings. The van der Waals surface area contributed by atoms with Gasteiger partial charge in [-0.1, -0.05) is 15.9 Å². The van der Waals surface area contributed by atoms with Crippen LogP contribution in [0.5, 0.6) is 0 Å². The molecule has 0 aliphatic carbocycles. The first-order chi connectivity index (χ1) is 10.4. The van der Waals surface area contributed by atoms with Crippen LogP contribution in [0.1, 0.15) is 29.6 Å². The minimum absolute atomic E-state index is 0.0396. The molecular weight excluding hydrogens is 352 g/mol. The van der Waals surface area contributed by atoms with Gasteiger partial charge in [0.2, 0.25) is 5.91 Å². The number of carboxylic acids is 1. The highest BCUT2D eigenvalue weighted by molar-refractivity contribution is 9.10. The smallest absolute Gasteiger partial charge is 0.303 e. The molecule has 0 aliphatic rings. The predicted molar refractivity (Wildman–Crippen MR) is 85.6 cm³/mol. The van der Waals surface area contributed by atoms with Crippen molar-refractivity contribution >= 4 is 33.7 Å². The highest BCUT2D eigenvalue weighted by Crippen LogP contribution is 2.10. The number of halogens is 1. The van der Waals surface area contributed by atoms with Crippen LogP contribution >= 0.6 is 15.9 Å². The third-order valence-corrected chi connectivity index (χ3v) is 3.57. The molecule has 0 saturated carbocycles. The first kappa shape index (κ1) is 18.2. The molecule has 6 nitrogen and oxygen atoms in total. The second-order valence-electron chi connectivity index (χ2n) is 4.83. The van der Waals surface area contributed by atoms with E-state index >= 15 is 0 Å². The number of aliphatic carboxylic acids is 1. The van der Waals surface area contributed by atoms with Crippen LogP contribution in [-0.4, -0.2) is 47.9 Å². The molecule has 0 bridgehead atoms. The van der Waals surface area contributed by atoms with Gasteiger partial charge in [-0.3, -0.25) is 14.4 Å². The predicted octanol–water partition coefficient (Wildman–Crippen LogP) is 1.89. The first-order valence-electron chi connectivity index (χ1n) is 6.89. The van der Waals surface area contributed by atoms with Crippen molar-refractivity contribution in [1.82, 2.24) is 10.2 Å². The number of hydrogen-bond donors (Lipinski definition) is 2. The molecule has 0 aliphatic heterocycles. The molecule has 1 rings (SSSR count). The van der Waals surface area contributed by atoms with E-state index < -0.39 is 5.97 Å². The van der Waals surface area contributed by atoms with E-state index in [1.807, 2.05) is 0 Å². The average Bonchev–Trinajstić information content (AvgIpc) is 2.47. The van der Waals surface area contributed by atoms with E-state index in [0.717, 1.165) is 4.47 Å². The van der Waals surface area contributed by atoms with Crippen molar-refractivity contribution in [2.75, 3.05) is 20.1 Å². The summed E-state index contributed by atoms with van der Waals surface area (Å²) in [6.07, 6.45) is 0.645. The molecule has 0 unspecified atom stereocenters. The van der Waals surface area contributed by atoms with E-state index in [9.17, 15) is 14.4 Å². The molecule has 2 N–H and O–H groups in total. The molecule has 22 heavy (non-hydrogen) atoms. The third-order valence-electron chi connectivity index (χ3n) is 3.04. The van der Waals surface area contributed by atoms with E-state index in [-0.39, 0.29) is 31.2 Å². The van der Waals surface area contributed by atoms with Crippen molar-refractivity contribution in [3.8, 4) is 0 Å². The van der Waals surface area contributed by atoms with Crippen molar-refractivity contribution in [2.24, 2.45) is 0 Å².